The summed E-state index contributed by atoms with van der Waals surface area (Å²) in [6.45, 7) is 0. The van der Waals surface area contributed by atoms with Gasteiger partial charge in [0, 0.05) is 10.4 Å². The van der Waals surface area contributed by atoms with Gasteiger partial charge in [-0.3, -0.25) is 0 Å². The van der Waals surface area contributed by atoms with Crippen LogP contribution in [0.4, 0.5) is 0 Å². The summed E-state index contributed by atoms with van der Waals surface area (Å²) in [6, 6.07) is 33.0. The third-order valence-electron chi connectivity index (χ3n) is 6.43. The van der Waals surface area contributed by atoms with Gasteiger partial charge in [0.2, 0.25) is 0 Å². The Kier molecular flexibility index (Phi) is 2.88. The summed E-state index contributed by atoms with van der Waals surface area (Å²) in [4.78, 5) is 0. The van der Waals surface area contributed by atoms with E-state index in [-0.39, 0.29) is 0 Å². The smallest absolute Gasteiger partial charge is 0.0484 e. The second-order valence-electron chi connectivity index (χ2n) is 7.89. The molecule has 6 aromatic carbocycles. The molecule has 0 saturated carbocycles. The third-order valence-corrected chi connectivity index (χ3v) is 6.76. The van der Waals surface area contributed by atoms with E-state index in [1.54, 1.807) is 0 Å². The minimum absolute atomic E-state index is 0.807. The Hall–Kier alpha value is -3.35. The molecule has 0 aliphatic heterocycles. The zero-order valence-electron chi connectivity index (χ0n) is 15.5. The van der Waals surface area contributed by atoms with Crippen LogP contribution in [0.5, 0.6) is 0 Å². The van der Waals surface area contributed by atoms with Crippen molar-refractivity contribution >= 4 is 54.7 Å². The second kappa shape index (κ2) is 5.37. The molecule has 0 N–H and O–H groups in total. The van der Waals surface area contributed by atoms with Crippen molar-refractivity contribution in [1.82, 2.24) is 0 Å². The van der Waals surface area contributed by atoms with Gasteiger partial charge in [0.1, 0.15) is 0 Å². The van der Waals surface area contributed by atoms with Crippen molar-refractivity contribution in [3.05, 3.63) is 96.0 Å². The van der Waals surface area contributed by atoms with Gasteiger partial charge < -0.3 is 0 Å². The maximum absolute atomic E-state index is 6.51. The van der Waals surface area contributed by atoms with Crippen molar-refractivity contribution < 1.29 is 0 Å². The van der Waals surface area contributed by atoms with Gasteiger partial charge in [-0.05, 0) is 84.2 Å². The molecule has 1 aliphatic rings. The molecule has 0 radical (unpaired) electrons. The molecule has 0 nitrogen and oxygen atoms in total. The van der Waals surface area contributed by atoms with E-state index >= 15 is 0 Å². The molecule has 1 heteroatoms. The predicted octanol–water partition coefficient (Wildman–Crippen LogP) is 8.60. The first kappa shape index (κ1) is 15.6. The molecule has 6 aromatic rings. The van der Waals surface area contributed by atoms with Gasteiger partial charge in [0.05, 0.1) is 0 Å². The first-order chi connectivity index (χ1) is 14.3. The quantitative estimate of drug-likeness (QED) is 0.229. The van der Waals surface area contributed by atoms with Gasteiger partial charge in [-0.25, -0.2) is 0 Å². The molecule has 29 heavy (non-hydrogen) atoms. The van der Waals surface area contributed by atoms with Crippen molar-refractivity contribution in [3.8, 4) is 22.3 Å². The average molecular weight is 387 g/mol. The van der Waals surface area contributed by atoms with Crippen LogP contribution in [0, 0.1) is 0 Å². The van der Waals surface area contributed by atoms with E-state index in [0.29, 0.717) is 0 Å². The zero-order valence-corrected chi connectivity index (χ0v) is 16.3. The number of hydrogen-bond donors (Lipinski definition) is 0. The molecule has 0 amide bonds. The number of halogens is 1. The SMILES string of the molecule is Clc1cccc2c1ccc1c3cccc4c3c(cc21)-c1cc2ccccc2cc1-4. The molecule has 0 spiro atoms. The fraction of sp³-hybridized carbons (Fsp3) is 0. The highest BCUT2D eigenvalue weighted by molar-refractivity contribution is 6.37. The van der Waals surface area contributed by atoms with Crippen molar-refractivity contribution in [2.75, 3.05) is 0 Å². The zero-order chi connectivity index (χ0) is 19.1. The van der Waals surface area contributed by atoms with E-state index in [9.17, 15) is 0 Å². The summed E-state index contributed by atoms with van der Waals surface area (Å²) in [5, 5.41) is 11.0. The van der Waals surface area contributed by atoms with Crippen molar-refractivity contribution in [2.45, 2.75) is 0 Å². The molecule has 0 fully saturated rings. The Morgan fingerprint density at radius 1 is 0.414 bits per heavy atom. The Balaban J connectivity index is 1.72. The van der Waals surface area contributed by atoms with Gasteiger partial charge in [0.25, 0.3) is 0 Å². The summed E-state index contributed by atoms with van der Waals surface area (Å²) >= 11 is 6.51. The number of benzene rings is 6. The highest BCUT2D eigenvalue weighted by Gasteiger charge is 2.23. The van der Waals surface area contributed by atoms with Crippen LogP contribution >= 0.6 is 11.6 Å². The lowest BCUT2D eigenvalue weighted by molar-refractivity contribution is 1.73. The van der Waals surface area contributed by atoms with E-state index in [2.05, 4.69) is 78.9 Å². The van der Waals surface area contributed by atoms with E-state index in [1.807, 2.05) is 12.1 Å². The minimum Gasteiger partial charge on any atom is -0.0837 e. The lowest BCUT2D eigenvalue weighted by Crippen LogP contribution is -1.83. The fourth-order valence-electron chi connectivity index (χ4n) is 5.14. The van der Waals surface area contributed by atoms with Crippen LogP contribution in [0.15, 0.2) is 91.0 Å². The molecule has 0 aromatic heterocycles. The topological polar surface area (TPSA) is 0 Å². The summed E-state index contributed by atoms with van der Waals surface area (Å²) < 4.78 is 0. The monoisotopic (exact) mass is 386 g/mol. The lowest BCUT2D eigenvalue weighted by Gasteiger charge is -2.11. The Morgan fingerprint density at radius 2 is 1.07 bits per heavy atom. The molecule has 0 atom stereocenters. The first-order valence-corrected chi connectivity index (χ1v) is 10.3. The van der Waals surface area contributed by atoms with E-state index in [4.69, 9.17) is 11.6 Å². The summed E-state index contributed by atoms with van der Waals surface area (Å²) in [6.07, 6.45) is 0. The van der Waals surface area contributed by atoms with Crippen molar-refractivity contribution in [1.29, 1.82) is 0 Å². The molecule has 1 aliphatic carbocycles. The molecule has 0 heterocycles. The van der Waals surface area contributed by atoms with E-state index in [0.717, 1.165) is 10.4 Å². The number of rotatable bonds is 0. The molecule has 0 bridgehead atoms. The normalized spacial score (nSPS) is 12.3. The molecule has 0 unspecified atom stereocenters. The minimum atomic E-state index is 0.807. The molecule has 134 valence electrons. The first-order valence-electron chi connectivity index (χ1n) is 9.90. The molecule has 0 saturated heterocycles. The second-order valence-corrected chi connectivity index (χ2v) is 8.30. The van der Waals surface area contributed by atoms with E-state index in [1.165, 1.54) is 60.0 Å². The lowest BCUT2D eigenvalue weighted by atomic mass is 9.93. The van der Waals surface area contributed by atoms with Crippen LogP contribution in [0.3, 0.4) is 0 Å². The third kappa shape index (κ3) is 1.94. The van der Waals surface area contributed by atoms with Crippen LogP contribution in [-0.4, -0.2) is 0 Å². The van der Waals surface area contributed by atoms with Gasteiger partial charge in [-0.2, -0.15) is 0 Å². The Labute approximate surface area is 173 Å². The summed E-state index contributed by atoms with van der Waals surface area (Å²) in [7, 11) is 0. The molecular formula is C28H15Cl. The van der Waals surface area contributed by atoms with Crippen LogP contribution in [0.2, 0.25) is 5.02 Å². The number of fused-ring (bicyclic) bond motifs is 8. The maximum Gasteiger partial charge on any atom is 0.0484 e. The van der Waals surface area contributed by atoms with Crippen LogP contribution in [-0.2, 0) is 0 Å². The maximum atomic E-state index is 6.51. The Bertz CT molecular complexity index is 1660. The van der Waals surface area contributed by atoms with Crippen LogP contribution < -0.4 is 0 Å². The molecule has 7 rings (SSSR count). The fourth-order valence-corrected chi connectivity index (χ4v) is 5.38. The predicted molar refractivity (Wildman–Crippen MR) is 126 cm³/mol. The average Bonchev–Trinajstić information content (AvgIpc) is 3.07. The standard InChI is InChI=1S/C28H15Cl/c29-27-10-4-7-18-20(27)12-11-19-21-8-3-9-22-23-13-16-5-1-2-6-17(16)14-24(23)26(28(21)22)15-25(18)19/h1-15H. The van der Waals surface area contributed by atoms with Crippen LogP contribution in [0.25, 0.3) is 65.3 Å². The van der Waals surface area contributed by atoms with E-state index < -0.39 is 0 Å². The summed E-state index contributed by atoms with van der Waals surface area (Å²) in [5.74, 6) is 0. The molecular weight excluding hydrogens is 372 g/mol. The van der Waals surface area contributed by atoms with Crippen molar-refractivity contribution in [3.63, 3.8) is 0 Å². The van der Waals surface area contributed by atoms with Gasteiger partial charge >= 0.3 is 0 Å². The van der Waals surface area contributed by atoms with Crippen LogP contribution in [0.1, 0.15) is 0 Å². The highest BCUT2D eigenvalue weighted by Crippen LogP contribution is 2.51. The summed E-state index contributed by atoms with van der Waals surface area (Å²) in [5.41, 5.74) is 5.33. The van der Waals surface area contributed by atoms with Gasteiger partial charge in [-0.15, -0.1) is 0 Å². The van der Waals surface area contributed by atoms with Gasteiger partial charge in [-0.1, -0.05) is 78.3 Å². The number of hydrogen-bond acceptors (Lipinski definition) is 0. The van der Waals surface area contributed by atoms with Crippen molar-refractivity contribution in [2.24, 2.45) is 0 Å². The van der Waals surface area contributed by atoms with Gasteiger partial charge in [0.15, 0.2) is 0 Å². The highest BCUT2D eigenvalue weighted by atomic mass is 35.5. The Morgan fingerprint density at radius 3 is 1.90 bits per heavy atom. The largest absolute Gasteiger partial charge is 0.0837 e.